The van der Waals surface area contributed by atoms with Crippen LogP contribution < -0.4 is 10.0 Å². The molecule has 0 spiro atoms. The van der Waals surface area contributed by atoms with Gasteiger partial charge in [-0.25, -0.2) is 13.1 Å². The number of amides is 1. The van der Waals surface area contributed by atoms with Gasteiger partial charge >= 0.3 is 5.92 Å². The van der Waals surface area contributed by atoms with Crippen LogP contribution in [-0.2, 0) is 27.8 Å². The number of carbonyl (C=O) groups excluding carboxylic acids is 1. The van der Waals surface area contributed by atoms with Gasteiger partial charge in [0.2, 0.25) is 10.0 Å². The predicted molar refractivity (Wildman–Crippen MR) is 134 cm³/mol. The van der Waals surface area contributed by atoms with Gasteiger partial charge in [0.25, 0.3) is 5.91 Å². The highest BCUT2D eigenvalue weighted by Crippen LogP contribution is 2.54. The van der Waals surface area contributed by atoms with E-state index in [0.717, 1.165) is 0 Å². The van der Waals surface area contributed by atoms with Crippen molar-refractivity contribution in [3.63, 3.8) is 0 Å². The lowest BCUT2D eigenvalue weighted by Gasteiger charge is -2.51. The van der Waals surface area contributed by atoms with E-state index in [-0.39, 0.29) is 30.8 Å². The average Bonchev–Trinajstić information content (AvgIpc) is 3.23. The summed E-state index contributed by atoms with van der Waals surface area (Å²) in [6.45, 7) is 7.30. The van der Waals surface area contributed by atoms with Crippen molar-refractivity contribution in [2.24, 2.45) is 10.8 Å². The van der Waals surface area contributed by atoms with Crippen LogP contribution in [0.25, 0.3) is 0 Å². The SMILES string of the molecule is CC1(C)CC(C)(C)CC(O)(C(F)(F)C(=O)NCCCCc2cc(CNS(=O)(=O)c3ccccc3)on2)C1. The number of alkyl halides is 2. The predicted octanol–water partition coefficient (Wildman–Crippen LogP) is 4.19. The fourth-order valence-electron chi connectivity index (χ4n) is 5.65. The molecule has 0 aliphatic heterocycles. The van der Waals surface area contributed by atoms with Crippen molar-refractivity contribution in [3.05, 3.63) is 47.9 Å². The van der Waals surface area contributed by atoms with Crippen LogP contribution in [0.4, 0.5) is 8.78 Å². The minimum Gasteiger partial charge on any atom is -0.383 e. The number of benzene rings is 1. The molecule has 1 aliphatic rings. The van der Waals surface area contributed by atoms with E-state index in [1.54, 1.807) is 24.3 Å². The van der Waals surface area contributed by atoms with E-state index in [2.05, 4.69) is 15.2 Å². The van der Waals surface area contributed by atoms with Gasteiger partial charge in [-0.05, 0) is 61.5 Å². The highest BCUT2D eigenvalue weighted by molar-refractivity contribution is 7.89. The van der Waals surface area contributed by atoms with Crippen molar-refractivity contribution in [1.82, 2.24) is 15.2 Å². The topological polar surface area (TPSA) is 122 Å². The Kier molecular flexibility index (Phi) is 8.51. The summed E-state index contributed by atoms with van der Waals surface area (Å²) in [4.78, 5) is 12.5. The Bertz CT molecular complexity index is 1160. The number of rotatable bonds is 11. The first kappa shape index (κ1) is 29.2. The molecule has 8 nitrogen and oxygen atoms in total. The Hall–Kier alpha value is -2.37. The van der Waals surface area contributed by atoms with Gasteiger partial charge in [-0.1, -0.05) is 51.1 Å². The molecule has 0 atom stereocenters. The van der Waals surface area contributed by atoms with Crippen LogP contribution >= 0.6 is 0 Å². The number of hydrogen-bond donors (Lipinski definition) is 3. The molecule has 1 aromatic carbocycles. The van der Waals surface area contributed by atoms with E-state index < -0.39 is 38.3 Å². The quantitative estimate of drug-likeness (QED) is 0.367. The van der Waals surface area contributed by atoms with Crippen LogP contribution in [0.2, 0.25) is 0 Å². The Morgan fingerprint density at radius 2 is 1.70 bits per heavy atom. The molecule has 0 radical (unpaired) electrons. The number of carbonyl (C=O) groups is 1. The van der Waals surface area contributed by atoms with Crippen LogP contribution in [0.3, 0.4) is 0 Å². The van der Waals surface area contributed by atoms with E-state index in [4.69, 9.17) is 4.52 Å². The van der Waals surface area contributed by atoms with Crippen molar-refractivity contribution >= 4 is 15.9 Å². The Morgan fingerprint density at radius 1 is 1.08 bits per heavy atom. The van der Waals surface area contributed by atoms with Gasteiger partial charge in [-0.3, -0.25) is 4.79 Å². The summed E-state index contributed by atoms with van der Waals surface area (Å²) in [7, 11) is -3.68. The lowest BCUT2D eigenvalue weighted by molar-refractivity contribution is -0.224. The molecule has 37 heavy (non-hydrogen) atoms. The third kappa shape index (κ3) is 7.36. The first-order valence-corrected chi connectivity index (χ1v) is 13.9. The molecule has 206 valence electrons. The number of nitrogens with one attached hydrogen (secondary N) is 2. The smallest absolute Gasteiger partial charge is 0.352 e. The molecule has 0 bridgehead atoms. The van der Waals surface area contributed by atoms with Gasteiger partial charge in [0.05, 0.1) is 17.1 Å². The second kappa shape index (κ2) is 10.8. The maximum atomic E-state index is 15.1. The fraction of sp³-hybridized carbons (Fsp3) is 0.615. The van der Waals surface area contributed by atoms with Crippen molar-refractivity contribution in [2.75, 3.05) is 6.54 Å². The minimum atomic E-state index is -3.91. The minimum absolute atomic E-state index is 0.0267. The van der Waals surface area contributed by atoms with Gasteiger partial charge in [0.15, 0.2) is 5.76 Å². The third-order valence-corrected chi connectivity index (χ3v) is 8.03. The average molecular weight is 542 g/mol. The zero-order valence-corrected chi connectivity index (χ0v) is 22.6. The lowest BCUT2D eigenvalue weighted by Crippen LogP contribution is -2.62. The van der Waals surface area contributed by atoms with Crippen molar-refractivity contribution in [3.8, 4) is 0 Å². The standard InChI is InChI=1S/C26H37F2N3O5S/c1-23(2)16-24(3,4)18-25(33,17-23)26(27,28)22(32)29-13-9-8-10-19-14-20(36-31-19)15-30-37(34,35)21-11-6-5-7-12-21/h5-7,11-12,14,30,33H,8-10,13,15-18H2,1-4H3,(H,29,32). The highest BCUT2D eigenvalue weighted by Gasteiger charge is 2.63. The number of hydrogen-bond acceptors (Lipinski definition) is 6. The second-order valence-corrected chi connectivity index (χ2v) is 13.4. The Labute approximate surface area is 217 Å². The van der Waals surface area contributed by atoms with Crippen LogP contribution in [0.15, 0.2) is 45.8 Å². The molecule has 11 heteroatoms. The summed E-state index contributed by atoms with van der Waals surface area (Å²) in [5.41, 5.74) is -2.84. The zero-order valence-electron chi connectivity index (χ0n) is 21.8. The van der Waals surface area contributed by atoms with Crippen molar-refractivity contribution in [2.45, 2.75) is 89.2 Å². The Morgan fingerprint density at radius 3 is 2.32 bits per heavy atom. The normalized spacial score (nSPS) is 18.9. The zero-order chi connectivity index (χ0) is 27.5. The van der Waals surface area contributed by atoms with E-state index in [1.165, 1.54) is 12.1 Å². The van der Waals surface area contributed by atoms with E-state index >= 15 is 8.78 Å². The summed E-state index contributed by atoms with van der Waals surface area (Å²) in [6.07, 6.45) is 1.80. The number of unbranched alkanes of at least 4 members (excludes halogenated alkanes) is 1. The first-order chi connectivity index (χ1) is 17.1. The highest BCUT2D eigenvalue weighted by atomic mass is 32.2. The summed E-state index contributed by atoms with van der Waals surface area (Å²) in [6, 6.07) is 9.58. The molecule has 1 amide bonds. The van der Waals surface area contributed by atoms with Gasteiger partial charge < -0.3 is 14.9 Å². The van der Waals surface area contributed by atoms with Crippen LogP contribution in [0.1, 0.15) is 71.3 Å². The number of aromatic nitrogens is 1. The van der Waals surface area contributed by atoms with Gasteiger partial charge in [0, 0.05) is 12.6 Å². The van der Waals surface area contributed by atoms with Gasteiger partial charge in [0.1, 0.15) is 5.60 Å². The van der Waals surface area contributed by atoms with E-state index in [0.29, 0.717) is 37.1 Å². The summed E-state index contributed by atoms with van der Waals surface area (Å²) < 4.78 is 62.4. The van der Waals surface area contributed by atoms with E-state index in [1.807, 2.05) is 27.7 Å². The summed E-state index contributed by atoms with van der Waals surface area (Å²) >= 11 is 0. The second-order valence-electron chi connectivity index (χ2n) is 11.6. The molecule has 1 fully saturated rings. The molecule has 0 saturated heterocycles. The number of aryl methyl sites for hydroxylation is 1. The van der Waals surface area contributed by atoms with Gasteiger partial charge in [-0.15, -0.1) is 0 Å². The van der Waals surface area contributed by atoms with Crippen LogP contribution in [0.5, 0.6) is 0 Å². The monoisotopic (exact) mass is 541 g/mol. The fourth-order valence-corrected chi connectivity index (χ4v) is 6.66. The number of sulfonamides is 1. The largest absolute Gasteiger partial charge is 0.383 e. The molecule has 1 heterocycles. The molecule has 1 aliphatic carbocycles. The molecule has 2 aromatic rings. The summed E-state index contributed by atoms with van der Waals surface area (Å²) in [5, 5.41) is 17.1. The summed E-state index contributed by atoms with van der Waals surface area (Å²) in [5.74, 6) is -5.03. The van der Waals surface area contributed by atoms with Crippen LogP contribution in [-0.4, -0.2) is 42.7 Å². The lowest BCUT2D eigenvalue weighted by atomic mass is 9.58. The van der Waals surface area contributed by atoms with Crippen molar-refractivity contribution < 1.29 is 31.6 Å². The number of halogens is 2. The first-order valence-electron chi connectivity index (χ1n) is 12.4. The van der Waals surface area contributed by atoms with Gasteiger partial charge in [-0.2, -0.15) is 8.78 Å². The molecular formula is C26H37F2N3O5S. The number of aliphatic hydroxyl groups is 1. The third-order valence-electron chi connectivity index (χ3n) is 6.61. The maximum Gasteiger partial charge on any atom is 0.352 e. The molecule has 1 aromatic heterocycles. The van der Waals surface area contributed by atoms with Crippen LogP contribution in [0, 0.1) is 10.8 Å². The van der Waals surface area contributed by atoms with Crippen molar-refractivity contribution in [1.29, 1.82) is 0 Å². The molecule has 0 unspecified atom stereocenters. The number of nitrogens with zero attached hydrogens (tertiary/aromatic N) is 1. The molecule has 1 saturated carbocycles. The Balaban J connectivity index is 1.44. The molecule has 3 rings (SSSR count). The maximum absolute atomic E-state index is 15.1. The van der Waals surface area contributed by atoms with E-state index in [9.17, 15) is 18.3 Å². The molecule has 3 N–H and O–H groups in total. The molecular weight excluding hydrogens is 504 g/mol.